The number of aryl methyl sites for hydroxylation is 1. The predicted octanol–water partition coefficient (Wildman–Crippen LogP) is 0.798. The molecule has 0 aliphatic rings. The van der Waals surface area contributed by atoms with Crippen LogP contribution in [0.5, 0.6) is 0 Å². The van der Waals surface area contributed by atoms with Crippen molar-refractivity contribution in [2.45, 2.75) is 19.9 Å². The third-order valence-electron chi connectivity index (χ3n) is 1.86. The molecule has 0 bridgehead atoms. The van der Waals surface area contributed by atoms with E-state index in [0.29, 0.717) is 5.69 Å². The Kier molecular flexibility index (Phi) is 3.13. The summed E-state index contributed by atoms with van der Waals surface area (Å²) < 4.78 is 1.41. The summed E-state index contributed by atoms with van der Waals surface area (Å²) >= 11 is 5.65. The number of amides is 1. The van der Waals surface area contributed by atoms with Crippen molar-refractivity contribution < 1.29 is 4.79 Å². The van der Waals surface area contributed by atoms with Crippen LogP contribution in [0.2, 0.25) is 5.15 Å². The Balaban J connectivity index is 2.95. The zero-order valence-corrected chi connectivity index (χ0v) is 9.12. The molecule has 14 heavy (non-hydrogen) atoms. The Labute approximate surface area is 87.4 Å². The Morgan fingerprint density at radius 3 is 2.64 bits per heavy atom. The molecule has 0 aliphatic carbocycles. The van der Waals surface area contributed by atoms with E-state index in [1.54, 1.807) is 7.05 Å². The van der Waals surface area contributed by atoms with Gasteiger partial charge in [0.15, 0.2) is 5.15 Å². The highest BCUT2D eigenvalue weighted by atomic mass is 35.5. The van der Waals surface area contributed by atoms with Crippen LogP contribution in [0.15, 0.2) is 6.07 Å². The molecule has 0 unspecified atom stereocenters. The summed E-state index contributed by atoms with van der Waals surface area (Å²) in [5.41, 5.74) is 0.381. The van der Waals surface area contributed by atoms with Crippen molar-refractivity contribution in [2.75, 3.05) is 0 Å². The van der Waals surface area contributed by atoms with Gasteiger partial charge in [0, 0.05) is 19.2 Å². The molecule has 0 aliphatic heterocycles. The first-order valence-electron chi connectivity index (χ1n) is 4.21. The average Bonchev–Trinajstić information content (AvgIpc) is 2.42. The van der Waals surface area contributed by atoms with Crippen LogP contribution >= 0.6 is 11.6 Å². The van der Waals surface area contributed by atoms with E-state index in [1.165, 1.54) is 10.7 Å². The summed E-state index contributed by atoms with van der Waals surface area (Å²) in [6, 6.07) is 1.43. The van der Waals surface area contributed by atoms with Crippen LogP contribution in [-0.2, 0) is 7.05 Å². The Hall–Kier alpha value is -1.07. The molecule has 1 amide bonds. The van der Waals surface area contributed by atoms with Gasteiger partial charge in [0.25, 0.3) is 5.91 Å². The maximum absolute atomic E-state index is 11.7. The van der Waals surface area contributed by atoms with Crippen molar-refractivity contribution in [3.63, 3.8) is 0 Å². The summed E-state index contributed by atoms with van der Waals surface area (Å²) in [5, 5.41) is 5.28. The lowest BCUT2D eigenvalue weighted by Gasteiger charge is -2.20. The van der Waals surface area contributed by atoms with Gasteiger partial charge >= 0.3 is 0 Å². The number of rotatable bonds is 2. The van der Waals surface area contributed by atoms with Gasteiger partial charge in [0.2, 0.25) is 0 Å². The van der Waals surface area contributed by atoms with Crippen molar-refractivity contribution in [2.24, 2.45) is 12.9 Å². The SMILES string of the molecule is CC(C)N(N)C(=O)c1cc(Cl)nn1C. The fraction of sp³-hybridized carbons (Fsp3) is 0.500. The quantitative estimate of drug-likeness (QED) is 0.452. The second kappa shape index (κ2) is 3.98. The second-order valence-electron chi connectivity index (χ2n) is 3.28. The standard InChI is InChI=1S/C8H13ClN4O/c1-5(2)13(10)8(14)6-4-7(9)11-12(6)3/h4-5H,10H2,1-3H3. The van der Waals surface area contributed by atoms with Gasteiger partial charge in [0.1, 0.15) is 5.69 Å². The molecule has 0 radical (unpaired) electrons. The molecule has 0 fully saturated rings. The van der Waals surface area contributed by atoms with Gasteiger partial charge in [0.05, 0.1) is 0 Å². The summed E-state index contributed by atoms with van der Waals surface area (Å²) in [6.45, 7) is 3.66. The van der Waals surface area contributed by atoms with Gasteiger partial charge < -0.3 is 0 Å². The first-order chi connectivity index (χ1) is 6.43. The van der Waals surface area contributed by atoms with E-state index in [-0.39, 0.29) is 17.1 Å². The van der Waals surface area contributed by atoms with E-state index >= 15 is 0 Å². The van der Waals surface area contributed by atoms with Crippen molar-refractivity contribution >= 4 is 17.5 Å². The van der Waals surface area contributed by atoms with E-state index in [9.17, 15) is 4.79 Å². The highest BCUT2D eigenvalue weighted by molar-refractivity contribution is 6.29. The molecule has 0 atom stereocenters. The minimum atomic E-state index is -0.290. The number of hydrazine groups is 1. The van der Waals surface area contributed by atoms with Crippen molar-refractivity contribution in [1.82, 2.24) is 14.8 Å². The maximum atomic E-state index is 11.7. The smallest absolute Gasteiger partial charge is 0.273 e. The van der Waals surface area contributed by atoms with Crippen LogP contribution in [0, 0.1) is 0 Å². The van der Waals surface area contributed by atoms with Gasteiger partial charge in [-0.25, -0.2) is 5.84 Å². The minimum Gasteiger partial charge on any atom is -0.273 e. The van der Waals surface area contributed by atoms with Crippen LogP contribution in [0.25, 0.3) is 0 Å². The third-order valence-corrected chi connectivity index (χ3v) is 2.04. The lowest BCUT2D eigenvalue weighted by molar-refractivity contribution is 0.0694. The first kappa shape index (κ1) is 11.0. The molecule has 2 N–H and O–H groups in total. The number of aromatic nitrogens is 2. The fourth-order valence-corrected chi connectivity index (χ4v) is 1.22. The van der Waals surface area contributed by atoms with E-state index in [1.807, 2.05) is 13.8 Å². The molecule has 0 saturated heterocycles. The Morgan fingerprint density at radius 1 is 1.71 bits per heavy atom. The number of carbonyl (C=O) groups excluding carboxylic acids is 1. The summed E-state index contributed by atoms with van der Waals surface area (Å²) in [6.07, 6.45) is 0. The zero-order chi connectivity index (χ0) is 10.9. The van der Waals surface area contributed by atoms with Gasteiger partial charge in [-0.3, -0.25) is 14.5 Å². The minimum absolute atomic E-state index is 0.0591. The monoisotopic (exact) mass is 216 g/mol. The summed E-state index contributed by atoms with van der Waals surface area (Å²) in [5.74, 6) is 5.28. The average molecular weight is 217 g/mol. The van der Waals surface area contributed by atoms with Crippen LogP contribution in [0.4, 0.5) is 0 Å². The van der Waals surface area contributed by atoms with Gasteiger partial charge in [-0.1, -0.05) is 11.6 Å². The molecule has 1 aromatic rings. The number of halogens is 1. The van der Waals surface area contributed by atoms with E-state index in [0.717, 1.165) is 5.01 Å². The molecule has 0 spiro atoms. The molecule has 1 aromatic heterocycles. The third kappa shape index (κ3) is 2.05. The largest absolute Gasteiger partial charge is 0.286 e. The highest BCUT2D eigenvalue weighted by Gasteiger charge is 2.19. The molecule has 0 saturated carbocycles. The summed E-state index contributed by atoms with van der Waals surface area (Å²) in [7, 11) is 1.65. The lowest BCUT2D eigenvalue weighted by Crippen LogP contribution is -2.43. The van der Waals surface area contributed by atoms with Crippen molar-refractivity contribution in [3.8, 4) is 0 Å². The molecule has 78 valence electrons. The van der Waals surface area contributed by atoms with E-state index in [2.05, 4.69) is 5.10 Å². The van der Waals surface area contributed by atoms with Crippen LogP contribution in [0.3, 0.4) is 0 Å². The van der Waals surface area contributed by atoms with Gasteiger partial charge in [-0.15, -0.1) is 0 Å². The van der Waals surface area contributed by atoms with Gasteiger partial charge in [-0.05, 0) is 13.8 Å². The van der Waals surface area contributed by atoms with E-state index < -0.39 is 0 Å². The normalized spacial score (nSPS) is 10.7. The lowest BCUT2D eigenvalue weighted by atomic mass is 10.3. The Bertz CT molecular complexity index is 347. The van der Waals surface area contributed by atoms with E-state index in [4.69, 9.17) is 17.4 Å². The molecule has 1 heterocycles. The highest BCUT2D eigenvalue weighted by Crippen LogP contribution is 2.10. The number of carbonyl (C=O) groups is 1. The molecule has 5 nitrogen and oxygen atoms in total. The van der Waals surface area contributed by atoms with Crippen molar-refractivity contribution in [1.29, 1.82) is 0 Å². The van der Waals surface area contributed by atoms with Crippen LogP contribution in [0.1, 0.15) is 24.3 Å². The van der Waals surface area contributed by atoms with Crippen LogP contribution < -0.4 is 5.84 Å². The molecule has 6 heteroatoms. The topological polar surface area (TPSA) is 64.2 Å². The number of nitrogens with zero attached hydrogens (tertiary/aromatic N) is 3. The number of hydrogen-bond donors (Lipinski definition) is 1. The van der Waals surface area contributed by atoms with Gasteiger partial charge in [-0.2, -0.15) is 5.10 Å². The zero-order valence-electron chi connectivity index (χ0n) is 8.36. The van der Waals surface area contributed by atoms with Crippen molar-refractivity contribution in [3.05, 3.63) is 16.9 Å². The fourth-order valence-electron chi connectivity index (χ4n) is 0.999. The second-order valence-corrected chi connectivity index (χ2v) is 3.67. The molecular weight excluding hydrogens is 204 g/mol. The van der Waals surface area contributed by atoms with Crippen LogP contribution in [-0.4, -0.2) is 26.7 Å². The maximum Gasteiger partial charge on any atom is 0.286 e. The summed E-state index contributed by atoms with van der Waals surface area (Å²) in [4.78, 5) is 11.7. The molecule has 0 aromatic carbocycles. The molecular formula is C8H13ClN4O. The Morgan fingerprint density at radius 2 is 2.29 bits per heavy atom. The number of hydrogen-bond acceptors (Lipinski definition) is 3. The molecule has 1 rings (SSSR count). The first-order valence-corrected chi connectivity index (χ1v) is 4.59. The predicted molar refractivity (Wildman–Crippen MR) is 53.7 cm³/mol. The number of nitrogens with two attached hydrogens (primary N) is 1.